The zero-order valence-corrected chi connectivity index (χ0v) is 11.8. The minimum atomic E-state index is 0.610. The van der Waals surface area contributed by atoms with Gasteiger partial charge in [0, 0.05) is 30.3 Å². The molecule has 0 saturated carbocycles. The Bertz CT molecular complexity index is 669. The van der Waals surface area contributed by atoms with Crippen LogP contribution in [0.3, 0.4) is 0 Å². The molecule has 0 amide bonds. The van der Waals surface area contributed by atoms with Crippen LogP contribution in [0.15, 0.2) is 54.6 Å². The third kappa shape index (κ3) is 1.70. The van der Waals surface area contributed by atoms with Gasteiger partial charge < -0.3 is 4.90 Å². The van der Waals surface area contributed by atoms with Crippen LogP contribution in [0.4, 0.5) is 0 Å². The summed E-state index contributed by atoms with van der Waals surface area (Å²) in [6.07, 6.45) is 1.18. The molecule has 1 unspecified atom stereocenters. The molecular weight excluding hydrogens is 242 g/mol. The van der Waals surface area contributed by atoms with Crippen molar-refractivity contribution in [2.45, 2.75) is 13.3 Å². The van der Waals surface area contributed by atoms with Gasteiger partial charge in [0.15, 0.2) is 0 Å². The highest BCUT2D eigenvalue weighted by Crippen LogP contribution is 2.43. The van der Waals surface area contributed by atoms with E-state index in [0.29, 0.717) is 5.92 Å². The van der Waals surface area contributed by atoms with Gasteiger partial charge in [-0.15, -0.1) is 0 Å². The zero-order valence-electron chi connectivity index (χ0n) is 11.8. The lowest BCUT2D eigenvalue weighted by atomic mass is 9.90. The summed E-state index contributed by atoms with van der Waals surface area (Å²) in [5, 5.41) is 0. The molecule has 0 bridgehead atoms. The predicted octanol–water partition coefficient (Wildman–Crippen LogP) is 4.06. The maximum atomic E-state index is 2.58. The number of benzene rings is 2. The van der Waals surface area contributed by atoms with E-state index < -0.39 is 0 Å². The predicted molar refractivity (Wildman–Crippen MR) is 84.1 cm³/mol. The number of fused-ring (bicyclic) bond motifs is 3. The summed E-state index contributed by atoms with van der Waals surface area (Å²) in [7, 11) is 0. The Hall–Kier alpha value is -2.02. The molecule has 4 rings (SSSR count). The highest BCUT2D eigenvalue weighted by molar-refractivity contribution is 5.94. The van der Waals surface area contributed by atoms with Gasteiger partial charge in [0.2, 0.25) is 0 Å². The quantitative estimate of drug-likeness (QED) is 0.748. The molecule has 100 valence electrons. The van der Waals surface area contributed by atoms with Crippen LogP contribution in [0.25, 0.3) is 11.3 Å². The lowest BCUT2D eigenvalue weighted by molar-refractivity contribution is 0.388. The van der Waals surface area contributed by atoms with E-state index in [2.05, 4.69) is 66.4 Å². The van der Waals surface area contributed by atoms with Crippen LogP contribution >= 0.6 is 0 Å². The van der Waals surface area contributed by atoms with Crippen LogP contribution in [0, 0.1) is 5.92 Å². The van der Waals surface area contributed by atoms with Crippen molar-refractivity contribution in [1.82, 2.24) is 4.90 Å². The summed E-state index contributed by atoms with van der Waals surface area (Å²) in [4.78, 5) is 2.58. The van der Waals surface area contributed by atoms with Gasteiger partial charge in [-0.2, -0.15) is 0 Å². The molecule has 2 aliphatic heterocycles. The molecule has 0 radical (unpaired) electrons. The van der Waals surface area contributed by atoms with Crippen molar-refractivity contribution >= 4 is 11.3 Å². The first-order chi connectivity index (χ1) is 9.84. The van der Waals surface area contributed by atoms with Crippen LogP contribution in [0.5, 0.6) is 0 Å². The first-order valence-corrected chi connectivity index (χ1v) is 7.47. The van der Waals surface area contributed by atoms with E-state index in [4.69, 9.17) is 0 Å². The van der Waals surface area contributed by atoms with Crippen molar-refractivity contribution < 1.29 is 0 Å². The van der Waals surface area contributed by atoms with Gasteiger partial charge >= 0.3 is 0 Å². The van der Waals surface area contributed by atoms with Crippen molar-refractivity contribution in [3.63, 3.8) is 0 Å². The summed E-state index contributed by atoms with van der Waals surface area (Å²) < 4.78 is 0. The van der Waals surface area contributed by atoms with Crippen molar-refractivity contribution in [3.8, 4) is 0 Å². The van der Waals surface area contributed by atoms with Crippen molar-refractivity contribution in [1.29, 1.82) is 0 Å². The standard InChI is InChI=1S/C19H19N/c1-14-13-20-12-11-15-7-5-6-10-17(15)19(20)18(14)16-8-3-2-4-9-16/h2-10,14H,11-13H2,1H3. The highest BCUT2D eigenvalue weighted by atomic mass is 15.2. The van der Waals surface area contributed by atoms with Gasteiger partial charge in [-0.25, -0.2) is 0 Å². The molecule has 20 heavy (non-hydrogen) atoms. The molecule has 2 aromatic rings. The molecule has 1 nitrogen and oxygen atoms in total. The smallest absolute Gasteiger partial charge is 0.0484 e. The number of nitrogens with zero attached hydrogens (tertiary/aromatic N) is 1. The van der Waals surface area contributed by atoms with E-state index in [-0.39, 0.29) is 0 Å². The Morgan fingerprint density at radius 1 is 0.950 bits per heavy atom. The van der Waals surface area contributed by atoms with E-state index in [1.165, 1.54) is 34.4 Å². The Kier molecular flexibility index (Phi) is 2.66. The third-order valence-electron chi connectivity index (χ3n) is 4.57. The molecule has 0 saturated heterocycles. The zero-order chi connectivity index (χ0) is 13.5. The molecule has 2 heterocycles. The molecule has 0 N–H and O–H groups in total. The normalized spacial score (nSPS) is 20.9. The van der Waals surface area contributed by atoms with Gasteiger partial charge in [-0.3, -0.25) is 0 Å². The number of hydrogen-bond donors (Lipinski definition) is 0. The molecule has 1 heteroatoms. The maximum Gasteiger partial charge on any atom is 0.0484 e. The second-order valence-corrected chi connectivity index (χ2v) is 5.88. The SMILES string of the molecule is CC1CN2CCc3ccccc3C2=C1c1ccccc1. The molecule has 0 fully saturated rings. The van der Waals surface area contributed by atoms with Crippen molar-refractivity contribution in [2.24, 2.45) is 5.92 Å². The minimum absolute atomic E-state index is 0.610. The van der Waals surface area contributed by atoms with E-state index in [9.17, 15) is 0 Å². The van der Waals surface area contributed by atoms with E-state index in [1.807, 2.05) is 0 Å². The molecular formula is C19H19N. The largest absolute Gasteiger partial charge is 0.370 e. The average molecular weight is 261 g/mol. The molecule has 0 aliphatic carbocycles. The van der Waals surface area contributed by atoms with Crippen molar-refractivity contribution in [3.05, 3.63) is 71.3 Å². The average Bonchev–Trinajstić information content (AvgIpc) is 2.84. The minimum Gasteiger partial charge on any atom is -0.370 e. The molecule has 0 aromatic heterocycles. The van der Waals surface area contributed by atoms with Crippen LogP contribution in [-0.2, 0) is 6.42 Å². The van der Waals surface area contributed by atoms with Crippen LogP contribution in [0.2, 0.25) is 0 Å². The van der Waals surface area contributed by atoms with Gasteiger partial charge in [0.1, 0.15) is 0 Å². The fourth-order valence-corrected chi connectivity index (χ4v) is 3.70. The van der Waals surface area contributed by atoms with Gasteiger partial charge in [0.05, 0.1) is 0 Å². The topological polar surface area (TPSA) is 3.24 Å². The Morgan fingerprint density at radius 3 is 2.55 bits per heavy atom. The van der Waals surface area contributed by atoms with Crippen LogP contribution in [-0.4, -0.2) is 18.0 Å². The van der Waals surface area contributed by atoms with E-state index >= 15 is 0 Å². The molecule has 1 atom stereocenters. The second-order valence-electron chi connectivity index (χ2n) is 5.88. The van der Waals surface area contributed by atoms with E-state index in [1.54, 1.807) is 0 Å². The first kappa shape index (κ1) is 11.8. The molecule has 2 aromatic carbocycles. The number of hydrogen-bond acceptors (Lipinski definition) is 1. The third-order valence-corrected chi connectivity index (χ3v) is 4.57. The van der Waals surface area contributed by atoms with Crippen LogP contribution < -0.4 is 0 Å². The van der Waals surface area contributed by atoms with Gasteiger partial charge in [-0.05, 0) is 23.1 Å². The fourth-order valence-electron chi connectivity index (χ4n) is 3.70. The summed E-state index contributed by atoms with van der Waals surface area (Å²) >= 11 is 0. The molecule has 2 aliphatic rings. The second kappa shape index (κ2) is 4.52. The van der Waals surface area contributed by atoms with Gasteiger partial charge in [-0.1, -0.05) is 61.5 Å². The lowest BCUT2D eigenvalue weighted by Gasteiger charge is -2.30. The van der Waals surface area contributed by atoms with Crippen molar-refractivity contribution in [2.75, 3.05) is 13.1 Å². The Morgan fingerprint density at radius 2 is 1.70 bits per heavy atom. The summed E-state index contributed by atoms with van der Waals surface area (Å²) in [6, 6.07) is 19.8. The summed E-state index contributed by atoms with van der Waals surface area (Å²) in [6.45, 7) is 4.68. The molecule has 0 spiro atoms. The maximum absolute atomic E-state index is 2.58. The lowest BCUT2D eigenvalue weighted by Crippen LogP contribution is -2.27. The Balaban J connectivity index is 1.96. The number of rotatable bonds is 1. The fraction of sp³-hybridized carbons (Fsp3) is 0.263. The Labute approximate surface area is 120 Å². The van der Waals surface area contributed by atoms with E-state index in [0.717, 1.165) is 13.1 Å². The van der Waals surface area contributed by atoms with Gasteiger partial charge in [0.25, 0.3) is 0 Å². The monoisotopic (exact) mass is 261 g/mol. The van der Waals surface area contributed by atoms with Crippen LogP contribution in [0.1, 0.15) is 23.6 Å². The highest BCUT2D eigenvalue weighted by Gasteiger charge is 2.33. The summed E-state index contributed by atoms with van der Waals surface area (Å²) in [5.74, 6) is 0.610. The first-order valence-electron chi connectivity index (χ1n) is 7.47. The summed E-state index contributed by atoms with van der Waals surface area (Å²) in [5.41, 5.74) is 7.33.